The summed E-state index contributed by atoms with van der Waals surface area (Å²) < 4.78 is 4.97. The van der Waals surface area contributed by atoms with Gasteiger partial charge in [0, 0.05) is 18.7 Å². The lowest BCUT2D eigenvalue weighted by molar-refractivity contribution is -0.147. The van der Waals surface area contributed by atoms with Crippen LogP contribution in [0.5, 0.6) is 0 Å². The number of ether oxygens (including phenoxy) is 1. The van der Waals surface area contributed by atoms with E-state index in [4.69, 9.17) is 4.74 Å². The van der Waals surface area contributed by atoms with Crippen molar-refractivity contribution >= 4 is 11.9 Å². The zero-order valence-electron chi connectivity index (χ0n) is 11.4. The molecule has 4 heteroatoms. The highest BCUT2D eigenvalue weighted by Crippen LogP contribution is 2.19. The molecular weight excluding hydrogens is 218 g/mol. The Hall–Kier alpha value is -1.32. The van der Waals surface area contributed by atoms with Crippen LogP contribution in [0.4, 0.5) is 0 Å². The fourth-order valence-corrected chi connectivity index (χ4v) is 1.54. The van der Waals surface area contributed by atoms with E-state index in [1.54, 1.807) is 14.0 Å². The third-order valence-corrected chi connectivity index (χ3v) is 2.64. The normalized spacial score (nSPS) is 12.1. The molecule has 0 aliphatic carbocycles. The van der Waals surface area contributed by atoms with Crippen molar-refractivity contribution in [1.82, 2.24) is 4.90 Å². The molecule has 0 spiro atoms. The fraction of sp³-hybridized carbons (Fsp3) is 0.692. The van der Waals surface area contributed by atoms with Crippen LogP contribution in [0.15, 0.2) is 12.3 Å². The minimum absolute atomic E-state index is 0.0438. The highest BCUT2D eigenvalue weighted by Gasteiger charge is 2.27. The SMILES string of the molecule is C=C(C(CC)C(=O)OCC)N(C)C(=O)C(C)C. The Morgan fingerprint density at radius 2 is 1.82 bits per heavy atom. The minimum Gasteiger partial charge on any atom is -0.465 e. The van der Waals surface area contributed by atoms with Crippen molar-refractivity contribution in [2.24, 2.45) is 11.8 Å². The molecule has 17 heavy (non-hydrogen) atoms. The quantitative estimate of drug-likeness (QED) is 0.670. The van der Waals surface area contributed by atoms with Gasteiger partial charge in [-0.05, 0) is 13.3 Å². The molecule has 0 saturated carbocycles. The van der Waals surface area contributed by atoms with E-state index in [-0.39, 0.29) is 17.8 Å². The maximum atomic E-state index is 11.8. The molecule has 0 aliphatic heterocycles. The van der Waals surface area contributed by atoms with E-state index in [9.17, 15) is 9.59 Å². The Morgan fingerprint density at radius 1 is 1.29 bits per heavy atom. The monoisotopic (exact) mass is 241 g/mol. The highest BCUT2D eigenvalue weighted by molar-refractivity contribution is 5.82. The van der Waals surface area contributed by atoms with Gasteiger partial charge in [-0.3, -0.25) is 9.59 Å². The van der Waals surface area contributed by atoms with E-state index < -0.39 is 5.92 Å². The largest absolute Gasteiger partial charge is 0.465 e. The molecule has 0 rings (SSSR count). The van der Waals surface area contributed by atoms with Gasteiger partial charge in [-0.15, -0.1) is 0 Å². The van der Waals surface area contributed by atoms with E-state index in [0.717, 1.165) is 0 Å². The van der Waals surface area contributed by atoms with E-state index in [1.807, 2.05) is 20.8 Å². The van der Waals surface area contributed by atoms with Crippen LogP contribution in [0.3, 0.4) is 0 Å². The average Bonchev–Trinajstić information content (AvgIpc) is 2.28. The molecule has 1 atom stereocenters. The van der Waals surface area contributed by atoms with Gasteiger partial charge >= 0.3 is 5.97 Å². The highest BCUT2D eigenvalue weighted by atomic mass is 16.5. The molecule has 0 heterocycles. The van der Waals surface area contributed by atoms with Crippen LogP contribution in [0, 0.1) is 11.8 Å². The van der Waals surface area contributed by atoms with Crippen molar-refractivity contribution in [3.8, 4) is 0 Å². The predicted molar refractivity (Wildman–Crippen MR) is 67.2 cm³/mol. The second kappa shape index (κ2) is 7.09. The summed E-state index contributed by atoms with van der Waals surface area (Å²) in [7, 11) is 1.65. The number of hydrogen-bond acceptors (Lipinski definition) is 3. The number of nitrogens with zero attached hydrogens (tertiary/aromatic N) is 1. The summed E-state index contributed by atoms with van der Waals surface area (Å²) in [6, 6.07) is 0. The summed E-state index contributed by atoms with van der Waals surface area (Å²) in [5.74, 6) is -0.916. The first-order valence-corrected chi connectivity index (χ1v) is 5.99. The Morgan fingerprint density at radius 3 is 2.18 bits per heavy atom. The van der Waals surface area contributed by atoms with Crippen molar-refractivity contribution in [2.45, 2.75) is 34.1 Å². The maximum absolute atomic E-state index is 11.8. The van der Waals surface area contributed by atoms with Gasteiger partial charge in [0.2, 0.25) is 5.91 Å². The first-order valence-electron chi connectivity index (χ1n) is 5.99. The first-order chi connectivity index (χ1) is 7.86. The number of amides is 1. The number of carbonyl (C=O) groups excluding carboxylic acids is 2. The predicted octanol–water partition coefficient (Wildman–Crippen LogP) is 2.20. The lowest BCUT2D eigenvalue weighted by atomic mass is 10.0. The molecular formula is C13H23NO3. The summed E-state index contributed by atoms with van der Waals surface area (Å²) in [5.41, 5.74) is 0.504. The third kappa shape index (κ3) is 4.21. The van der Waals surface area contributed by atoms with Gasteiger partial charge in [0.05, 0.1) is 12.5 Å². The van der Waals surface area contributed by atoms with Gasteiger partial charge < -0.3 is 9.64 Å². The van der Waals surface area contributed by atoms with Gasteiger partial charge in [0.25, 0.3) is 0 Å². The van der Waals surface area contributed by atoms with Gasteiger partial charge in [-0.1, -0.05) is 27.4 Å². The number of carbonyl (C=O) groups is 2. The van der Waals surface area contributed by atoms with Gasteiger partial charge in [0.15, 0.2) is 0 Å². The standard InChI is InChI=1S/C13H23NO3/c1-7-11(13(16)17-8-2)10(5)14(6)12(15)9(3)4/h9,11H,5,7-8H2,1-4,6H3. The molecule has 0 aromatic heterocycles. The van der Waals surface area contributed by atoms with Crippen LogP contribution < -0.4 is 0 Å². The van der Waals surface area contributed by atoms with Gasteiger partial charge in [0.1, 0.15) is 0 Å². The molecule has 0 bridgehead atoms. The number of rotatable bonds is 6. The molecule has 98 valence electrons. The summed E-state index contributed by atoms with van der Waals surface area (Å²) in [6.07, 6.45) is 0.577. The van der Waals surface area contributed by atoms with Crippen molar-refractivity contribution in [2.75, 3.05) is 13.7 Å². The Balaban J connectivity index is 4.75. The van der Waals surface area contributed by atoms with E-state index in [0.29, 0.717) is 18.7 Å². The molecule has 0 saturated heterocycles. The first kappa shape index (κ1) is 15.7. The molecule has 0 aliphatic rings. The zero-order valence-corrected chi connectivity index (χ0v) is 11.4. The molecule has 0 radical (unpaired) electrons. The van der Waals surface area contributed by atoms with Crippen LogP contribution in [0.1, 0.15) is 34.1 Å². The number of hydrogen-bond donors (Lipinski definition) is 0. The molecule has 0 aromatic rings. The summed E-state index contributed by atoms with van der Waals surface area (Å²) in [4.78, 5) is 24.9. The molecule has 0 fully saturated rings. The van der Waals surface area contributed by atoms with Crippen molar-refractivity contribution < 1.29 is 14.3 Å². The summed E-state index contributed by atoms with van der Waals surface area (Å²) in [6.45, 7) is 11.4. The molecule has 1 amide bonds. The maximum Gasteiger partial charge on any atom is 0.314 e. The summed E-state index contributed by atoms with van der Waals surface area (Å²) in [5, 5.41) is 0. The average molecular weight is 241 g/mol. The third-order valence-electron chi connectivity index (χ3n) is 2.64. The topological polar surface area (TPSA) is 46.6 Å². The van der Waals surface area contributed by atoms with Crippen LogP contribution in [0.25, 0.3) is 0 Å². The van der Waals surface area contributed by atoms with Crippen molar-refractivity contribution in [1.29, 1.82) is 0 Å². The Bertz CT molecular complexity index is 297. The van der Waals surface area contributed by atoms with Crippen LogP contribution in [0.2, 0.25) is 0 Å². The van der Waals surface area contributed by atoms with Gasteiger partial charge in [-0.25, -0.2) is 0 Å². The Kier molecular flexibility index (Phi) is 6.54. The van der Waals surface area contributed by atoms with E-state index >= 15 is 0 Å². The Labute approximate surface area is 104 Å². The van der Waals surface area contributed by atoms with Gasteiger partial charge in [-0.2, -0.15) is 0 Å². The zero-order chi connectivity index (χ0) is 13.6. The number of esters is 1. The van der Waals surface area contributed by atoms with Crippen molar-refractivity contribution in [3.63, 3.8) is 0 Å². The lowest BCUT2D eigenvalue weighted by Crippen LogP contribution is -2.35. The van der Waals surface area contributed by atoms with E-state index in [2.05, 4.69) is 6.58 Å². The van der Waals surface area contributed by atoms with Crippen LogP contribution in [-0.2, 0) is 14.3 Å². The van der Waals surface area contributed by atoms with Crippen LogP contribution in [-0.4, -0.2) is 30.4 Å². The molecule has 0 aromatic carbocycles. The second-order valence-electron chi connectivity index (χ2n) is 4.26. The lowest BCUT2D eigenvalue weighted by Gasteiger charge is -2.26. The molecule has 0 N–H and O–H groups in total. The second-order valence-corrected chi connectivity index (χ2v) is 4.26. The molecule has 1 unspecified atom stereocenters. The van der Waals surface area contributed by atoms with Crippen LogP contribution >= 0.6 is 0 Å². The van der Waals surface area contributed by atoms with E-state index in [1.165, 1.54) is 4.90 Å². The smallest absolute Gasteiger partial charge is 0.314 e. The summed E-state index contributed by atoms with van der Waals surface area (Å²) >= 11 is 0. The van der Waals surface area contributed by atoms with Crippen molar-refractivity contribution in [3.05, 3.63) is 12.3 Å². The minimum atomic E-state index is -0.442. The molecule has 4 nitrogen and oxygen atoms in total. The fourth-order valence-electron chi connectivity index (χ4n) is 1.54.